The van der Waals surface area contributed by atoms with Crippen LogP contribution in [0.15, 0.2) is 24.3 Å². The summed E-state index contributed by atoms with van der Waals surface area (Å²) in [6.07, 6.45) is 4.55. The van der Waals surface area contributed by atoms with Crippen LogP contribution in [0.2, 0.25) is 0 Å². The maximum absolute atomic E-state index is 12.2. The zero-order valence-corrected chi connectivity index (χ0v) is 15.6. The molecular formula is C19H20N4O3S. The second-order valence-electron chi connectivity index (χ2n) is 6.67. The second kappa shape index (κ2) is 7.48. The average molecular weight is 384 g/mol. The van der Waals surface area contributed by atoms with Gasteiger partial charge >= 0.3 is 0 Å². The summed E-state index contributed by atoms with van der Waals surface area (Å²) < 4.78 is 0. The number of carbonyl (C=O) groups excluding carboxylic acids is 3. The molecule has 1 aliphatic carbocycles. The third-order valence-electron chi connectivity index (χ3n) is 4.77. The SMILES string of the molecule is O=C(CNC(=O)c1ccc(N2CCCC2=O)cc1)Nc1nc2c(s1)CCC2. The first-order valence-electron chi connectivity index (χ1n) is 9.07. The van der Waals surface area contributed by atoms with Gasteiger partial charge in [0.2, 0.25) is 11.8 Å². The summed E-state index contributed by atoms with van der Waals surface area (Å²) in [5, 5.41) is 5.95. The molecule has 2 heterocycles. The lowest BCUT2D eigenvalue weighted by Gasteiger charge is -2.15. The molecule has 140 valence electrons. The highest BCUT2D eigenvalue weighted by atomic mass is 32.1. The van der Waals surface area contributed by atoms with Crippen molar-refractivity contribution in [2.45, 2.75) is 32.1 Å². The molecule has 1 aromatic heterocycles. The molecule has 27 heavy (non-hydrogen) atoms. The van der Waals surface area contributed by atoms with Gasteiger partial charge < -0.3 is 15.5 Å². The van der Waals surface area contributed by atoms with Crippen LogP contribution in [-0.2, 0) is 22.4 Å². The van der Waals surface area contributed by atoms with Crippen molar-refractivity contribution in [2.24, 2.45) is 0 Å². The Morgan fingerprint density at radius 3 is 2.63 bits per heavy atom. The van der Waals surface area contributed by atoms with Crippen LogP contribution in [0.4, 0.5) is 10.8 Å². The van der Waals surface area contributed by atoms with Gasteiger partial charge in [-0.05, 0) is 49.9 Å². The van der Waals surface area contributed by atoms with E-state index in [1.54, 1.807) is 29.2 Å². The third-order valence-corrected chi connectivity index (χ3v) is 5.84. The first-order chi connectivity index (χ1) is 13.1. The molecule has 2 aromatic rings. The van der Waals surface area contributed by atoms with Gasteiger partial charge in [-0.3, -0.25) is 14.4 Å². The monoisotopic (exact) mass is 384 g/mol. The van der Waals surface area contributed by atoms with E-state index < -0.39 is 0 Å². The molecule has 1 aliphatic heterocycles. The molecule has 4 rings (SSSR count). The standard InChI is InChI=1S/C19H20N4O3S/c24-16(22-19-21-14-3-1-4-15(14)27-19)11-20-18(26)12-6-8-13(9-7-12)23-10-2-5-17(23)25/h6-9H,1-5,10-11H2,(H,20,26)(H,21,22,24). The second-order valence-corrected chi connectivity index (χ2v) is 7.75. The van der Waals surface area contributed by atoms with E-state index in [-0.39, 0.29) is 24.3 Å². The highest BCUT2D eigenvalue weighted by Gasteiger charge is 2.22. The minimum absolute atomic E-state index is 0.108. The van der Waals surface area contributed by atoms with Gasteiger partial charge in [0.15, 0.2) is 5.13 Å². The molecule has 0 saturated carbocycles. The molecule has 1 saturated heterocycles. The van der Waals surface area contributed by atoms with Crippen molar-refractivity contribution < 1.29 is 14.4 Å². The molecule has 0 spiro atoms. The van der Waals surface area contributed by atoms with Gasteiger partial charge in [0.1, 0.15) is 0 Å². The Morgan fingerprint density at radius 1 is 1.11 bits per heavy atom. The number of aromatic nitrogens is 1. The van der Waals surface area contributed by atoms with Gasteiger partial charge in [0.05, 0.1) is 12.2 Å². The van der Waals surface area contributed by atoms with Gasteiger partial charge in [-0.15, -0.1) is 11.3 Å². The number of amides is 3. The van der Waals surface area contributed by atoms with Crippen LogP contribution in [-0.4, -0.2) is 35.8 Å². The first kappa shape index (κ1) is 17.7. The fourth-order valence-electron chi connectivity index (χ4n) is 3.38. The predicted octanol–water partition coefficient (Wildman–Crippen LogP) is 2.13. The average Bonchev–Trinajstić information content (AvgIpc) is 3.36. The lowest BCUT2D eigenvalue weighted by molar-refractivity contribution is -0.117. The van der Waals surface area contributed by atoms with E-state index in [1.165, 1.54) is 16.2 Å². The summed E-state index contributed by atoms with van der Waals surface area (Å²) in [6.45, 7) is 0.597. The predicted molar refractivity (Wildman–Crippen MR) is 103 cm³/mol. The molecule has 0 bridgehead atoms. The van der Waals surface area contributed by atoms with E-state index >= 15 is 0 Å². The highest BCUT2D eigenvalue weighted by Crippen LogP contribution is 2.30. The van der Waals surface area contributed by atoms with E-state index in [0.29, 0.717) is 23.7 Å². The van der Waals surface area contributed by atoms with Crippen LogP contribution in [0.1, 0.15) is 40.2 Å². The highest BCUT2D eigenvalue weighted by molar-refractivity contribution is 7.15. The van der Waals surface area contributed by atoms with Gasteiger partial charge in [-0.1, -0.05) is 0 Å². The lowest BCUT2D eigenvalue weighted by atomic mass is 10.2. The van der Waals surface area contributed by atoms with E-state index in [2.05, 4.69) is 15.6 Å². The molecule has 1 aromatic carbocycles. The molecule has 0 unspecified atom stereocenters. The quantitative estimate of drug-likeness (QED) is 0.826. The zero-order chi connectivity index (χ0) is 18.8. The van der Waals surface area contributed by atoms with Crippen LogP contribution in [0.25, 0.3) is 0 Å². The maximum Gasteiger partial charge on any atom is 0.251 e. The maximum atomic E-state index is 12.2. The van der Waals surface area contributed by atoms with Crippen LogP contribution in [0, 0.1) is 0 Å². The number of rotatable bonds is 5. The van der Waals surface area contributed by atoms with Crippen molar-refractivity contribution in [3.63, 3.8) is 0 Å². The Labute approximate surface area is 160 Å². The summed E-state index contributed by atoms with van der Waals surface area (Å²) in [6, 6.07) is 6.85. The number of carbonyl (C=O) groups is 3. The Kier molecular flexibility index (Phi) is 4.89. The normalized spacial score (nSPS) is 15.7. The smallest absolute Gasteiger partial charge is 0.251 e. The fraction of sp³-hybridized carbons (Fsp3) is 0.368. The molecule has 3 amide bonds. The summed E-state index contributed by atoms with van der Waals surface area (Å²) >= 11 is 1.51. The summed E-state index contributed by atoms with van der Waals surface area (Å²) in [7, 11) is 0. The van der Waals surface area contributed by atoms with Crippen molar-refractivity contribution in [3.05, 3.63) is 40.4 Å². The van der Waals surface area contributed by atoms with Crippen molar-refractivity contribution >= 4 is 39.9 Å². The molecule has 0 radical (unpaired) electrons. The number of benzene rings is 1. The van der Waals surface area contributed by atoms with Crippen LogP contribution >= 0.6 is 11.3 Å². The Balaban J connectivity index is 1.29. The molecule has 8 heteroatoms. The van der Waals surface area contributed by atoms with Gasteiger partial charge in [-0.25, -0.2) is 4.98 Å². The minimum atomic E-state index is -0.328. The molecule has 0 atom stereocenters. The molecule has 2 N–H and O–H groups in total. The van der Waals surface area contributed by atoms with Crippen LogP contribution in [0.3, 0.4) is 0 Å². The van der Waals surface area contributed by atoms with E-state index in [9.17, 15) is 14.4 Å². The molecule has 2 aliphatic rings. The lowest BCUT2D eigenvalue weighted by Crippen LogP contribution is -2.32. The Hall–Kier alpha value is -2.74. The topological polar surface area (TPSA) is 91.4 Å². The van der Waals surface area contributed by atoms with Gasteiger partial charge in [0, 0.05) is 29.1 Å². The Bertz CT molecular complexity index is 869. The van der Waals surface area contributed by atoms with Crippen LogP contribution < -0.4 is 15.5 Å². The number of hydrogen-bond donors (Lipinski definition) is 2. The van der Waals surface area contributed by atoms with Crippen molar-refractivity contribution in [3.8, 4) is 0 Å². The number of anilines is 2. The number of nitrogens with one attached hydrogen (secondary N) is 2. The fourth-order valence-corrected chi connectivity index (χ4v) is 4.45. The first-order valence-corrected chi connectivity index (χ1v) is 9.89. The summed E-state index contributed by atoms with van der Waals surface area (Å²) in [5.74, 6) is -0.516. The minimum Gasteiger partial charge on any atom is -0.343 e. The largest absolute Gasteiger partial charge is 0.343 e. The van der Waals surface area contributed by atoms with Crippen LogP contribution in [0.5, 0.6) is 0 Å². The Morgan fingerprint density at radius 2 is 1.93 bits per heavy atom. The van der Waals surface area contributed by atoms with Gasteiger partial charge in [-0.2, -0.15) is 0 Å². The number of nitrogens with zero attached hydrogens (tertiary/aromatic N) is 2. The third kappa shape index (κ3) is 3.85. The number of fused-ring (bicyclic) bond motifs is 1. The van der Waals surface area contributed by atoms with Crippen molar-refractivity contribution in [2.75, 3.05) is 23.3 Å². The van der Waals surface area contributed by atoms with E-state index in [0.717, 1.165) is 37.1 Å². The zero-order valence-electron chi connectivity index (χ0n) is 14.8. The number of aryl methyl sites for hydroxylation is 2. The van der Waals surface area contributed by atoms with Crippen molar-refractivity contribution in [1.29, 1.82) is 0 Å². The summed E-state index contributed by atoms with van der Waals surface area (Å²) in [4.78, 5) is 43.4. The summed E-state index contributed by atoms with van der Waals surface area (Å²) in [5.41, 5.74) is 2.32. The van der Waals surface area contributed by atoms with Crippen molar-refractivity contribution in [1.82, 2.24) is 10.3 Å². The van der Waals surface area contributed by atoms with E-state index in [4.69, 9.17) is 0 Å². The molecule has 1 fully saturated rings. The molecule has 7 nitrogen and oxygen atoms in total. The van der Waals surface area contributed by atoms with E-state index in [1.807, 2.05) is 0 Å². The van der Waals surface area contributed by atoms with Gasteiger partial charge in [0.25, 0.3) is 5.91 Å². The molecular weight excluding hydrogens is 364 g/mol. The number of hydrogen-bond acceptors (Lipinski definition) is 5. The number of thiazole rings is 1.